The second kappa shape index (κ2) is 6.38. The maximum atomic E-state index is 11.7. The molecule has 0 aromatic heterocycles. The fourth-order valence-corrected chi connectivity index (χ4v) is 1.51. The van der Waals surface area contributed by atoms with Crippen molar-refractivity contribution in [1.29, 1.82) is 0 Å². The minimum absolute atomic E-state index is 0.241. The summed E-state index contributed by atoms with van der Waals surface area (Å²) in [6.07, 6.45) is -0.636. The first-order valence-electron chi connectivity index (χ1n) is 6.08. The van der Waals surface area contributed by atoms with Crippen molar-refractivity contribution >= 4 is 17.7 Å². The Morgan fingerprint density at radius 3 is 2.40 bits per heavy atom. The van der Waals surface area contributed by atoms with Gasteiger partial charge in [0.05, 0.1) is 19.3 Å². The average Bonchev–Trinajstić information content (AvgIpc) is 2.34. The molecule has 20 heavy (non-hydrogen) atoms. The number of benzene rings is 1. The van der Waals surface area contributed by atoms with Gasteiger partial charge in [0, 0.05) is 5.69 Å². The zero-order valence-electron chi connectivity index (χ0n) is 12.0. The Hall–Kier alpha value is -2.08. The number of nitrogens with one attached hydrogen (secondary N) is 1. The van der Waals surface area contributed by atoms with Crippen LogP contribution < -0.4 is 5.32 Å². The molecule has 1 amide bonds. The lowest BCUT2D eigenvalue weighted by Crippen LogP contribution is -2.27. The molecule has 0 radical (unpaired) electrons. The zero-order valence-corrected chi connectivity index (χ0v) is 12.0. The summed E-state index contributed by atoms with van der Waals surface area (Å²) in [6.45, 7) is 4.98. The SMILES string of the molecule is COC(=O)c1cc(CO)cc(NC(=O)OC(C)(C)C)c1. The van der Waals surface area contributed by atoms with Crippen LogP contribution in [-0.4, -0.2) is 29.9 Å². The van der Waals surface area contributed by atoms with Gasteiger partial charge in [0.25, 0.3) is 0 Å². The van der Waals surface area contributed by atoms with Gasteiger partial charge in [-0.3, -0.25) is 5.32 Å². The topological polar surface area (TPSA) is 84.9 Å². The summed E-state index contributed by atoms with van der Waals surface area (Å²) in [4.78, 5) is 23.2. The van der Waals surface area contributed by atoms with Crippen LogP contribution in [0.25, 0.3) is 0 Å². The number of anilines is 1. The standard InChI is InChI=1S/C14H19NO5/c1-14(2,3)20-13(18)15-11-6-9(8-16)5-10(7-11)12(17)19-4/h5-7,16H,8H2,1-4H3,(H,15,18). The van der Waals surface area contributed by atoms with Crippen molar-refractivity contribution in [2.24, 2.45) is 0 Å². The third-order valence-corrected chi connectivity index (χ3v) is 2.24. The zero-order chi connectivity index (χ0) is 15.3. The van der Waals surface area contributed by atoms with Crippen LogP contribution in [0.5, 0.6) is 0 Å². The number of aliphatic hydroxyl groups is 1. The summed E-state index contributed by atoms with van der Waals surface area (Å²) >= 11 is 0. The monoisotopic (exact) mass is 281 g/mol. The van der Waals surface area contributed by atoms with Crippen LogP contribution in [0.15, 0.2) is 18.2 Å². The molecular weight excluding hydrogens is 262 g/mol. The van der Waals surface area contributed by atoms with Crippen molar-refractivity contribution in [3.05, 3.63) is 29.3 Å². The smallest absolute Gasteiger partial charge is 0.412 e. The Morgan fingerprint density at radius 1 is 1.25 bits per heavy atom. The molecule has 0 saturated heterocycles. The van der Waals surface area contributed by atoms with Gasteiger partial charge in [-0.25, -0.2) is 9.59 Å². The number of amides is 1. The van der Waals surface area contributed by atoms with Crippen LogP contribution in [0.2, 0.25) is 0 Å². The first kappa shape index (κ1) is 16.0. The summed E-state index contributed by atoms with van der Waals surface area (Å²) in [5.41, 5.74) is 0.458. The lowest BCUT2D eigenvalue weighted by atomic mass is 10.1. The number of hydrogen-bond acceptors (Lipinski definition) is 5. The highest BCUT2D eigenvalue weighted by atomic mass is 16.6. The fraction of sp³-hybridized carbons (Fsp3) is 0.429. The lowest BCUT2D eigenvalue weighted by molar-refractivity contribution is 0.0596. The molecule has 0 aliphatic rings. The summed E-state index contributed by atoms with van der Waals surface area (Å²) < 4.78 is 9.72. The molecule has 0 aliphatic carbocycles. The van der Waals surface area contributed by atoms with Crippen LogP contribution in [0.4, 0.5) is 10.5 Å². The first-order valence-corrected chi connectivity index (χ1v) is 6.08. The van der Waals surface area contributed by atoms with Crippen molar-refractivity contribution in [2.45, 2.75) is 33.0 Å². The largest absolute Gasteiger partial charge is 0.465 e. The van der Waals surface area contributed by atoms with E-state index in [1.807, 2.05) is 0 Å². The molecule has 0 saturated carbocycles. The van der Waals surface area contributed by atoms with E-state index >= 15 is 0 Å². The molecule has 1 aromatic rings. The van der Waals surface area contributed by atoms with Gasteiger partial charge in [-0.15, -0.1) is 0 Å². The Kier molecular flexibility index (Phi) is 5.10. The third kappa shape index (κ3) is 4.89. The van der Waals surface area contributed by atoms with Gasteiger partial charge in [-0.2, -0.15) is 0 Å². The highest BCUT2D eigenvalue weighted by Crippen LogP contribution is 2.17. The van der Waals surface area contributed by atoms with Crippen molar-refractivity contribution in [1.82, 2.24) is 0 Å². The molecule has 0 heterocycles. The van der Waals surface area contributed by atoms with E-state index in [4.69, 9.17) is 9.84 Å². The van der Waals surface area contributed by atoms with E-state index in [1.54, 1.807) is 26.8 Å². The van der Waals surface area contributed by atoms with Crippen molar-refractivity contribution in [2.75, 3.05) is 12.4 Å². The van der Waals surface area contributed by atoms with E-state index in [2.05, 4.69) is 10.1 Å². The quantitative estimate of drug-likeness (QED) is 0.830. The summed E-state index contributed by atoms with van der Waals surface area (Å²) in [5.74, 6) is -0.549. The minimum atomic E-state index is -0.636. The van der Waals surface area contributed by atoms with E-state index in [0.29, 0.717) is 11.3 Å². The van der Waals surface area contributed by atoms with Crippen LogP contribution in [0.3, 0.4) is 0 Å². The maximum absolute atomic E-state index is 11.7. The summed E-state index contributed by atoms with van der Waals surface area (Å²) in [6, 6.07) is 4.50. The molecule has 2 N–H and O–H groups in total. The molecule has 0 atom stereocenters. The number of carbonyl (C=O) groups excluding carboxylic acids is 2. The molecule has 0 fully saturated rings. The van der Waals surface area contributed by atoms with E-state index in [1.165, 1.54) is 19.2 Å². The van der Waals surface area contributed by atoms with Crippen LogP contribution in [0.1, 0.15) is 36.7 Å². The predicted octanol–water partition coefficient (Wildman–Crippen LogP) is 2.31. The number of carbonyl (C=O) groups is 2. The van der Waals surface area contributed by atoms with Crippen molar-refractivity contribution in [3.8, 4) is 0 Å². The molecule has 0 bridgehead atoms. The highest BCUT2D eigenvalue weighted by Gasteiger charge is 2.17. The number of methoxy groups -OCH3 is 1. The molecule has 1 aromatic carbocycles. The van der Waals surface area contributed by atoms with Gasteiger partial charge >= 0.3 is 12.1 Å². The van der Waals surface area contributed by atoms with E-state index < -0.39 is 17.7 Å². The van der Waals surface area contributed by atoms with Gasteiger partial charge in [0.1, 0.15) is 5.60 Å². The molecule has 0 spiro atoms. The number of rotatable bonds is 3. The van der Waals surface area contributed by atoms with E-state index in [9.17, 15) is 9.59 Å². The first-order chi connectivity index (χ1) is 9.25. The Morgan fingerprint density at radius 2 is 1.90 bits per heavy atom. The Bertz CT molecular complexity index is 505. The van der Waals surface area contributed by atoms with E-state index in [0.717, 1.165) is 0 Å². The summed E-state index contributed by atoms with van der Waals surface area (Å²) in [5, 5.41) is 11.7. The lowest BCUT2D eigenvalue weighted by Gasteiger charge is -2.20. The van der Waals surface area contributed by atoms with Gasteiger partial charge in [0.15, 0.2) is 0 Å². The number of ether oxygens (including phenoxy) is 2. The van der Waals surface area contributed by atoms with Crippen LogP contribution in [-0.2, 0) is 16.1 Å². The normalized spacial score (nSPS) is 10.8. The van der Waals surface area contributed by atoms with Gasteiger partial charge in [-0.05, 0) is 44.5 Å². The van der Waals surface area contributed by atoms with Gasteiger partial charge < -0.3 is 14.6 Å². The predicted molar refractivity (Wildman–Crippen MR) is 73.6 cm³/mol. The van der Waals surface area contributed by atoms with Crippen molar-refractivity contribution < 1.29 is 24.2 Å². The molecule has 1 rings (SSSR count). The maximum Gasteiger partial charge on any atom is 0.412 e. The summed E-state index contributed by atoms with van der Waals surface area (Å²) in [7, 11) is 1.26. The average molecular weight is 281 g/mol. The fourth-order valence-electron chi connectivity index (χ4n) is 1.51. The second-order valence-electron chi connectivity index (χ2n) is 5.20. The molecule has 110 valence electrons. The molecule has 6 heteroatoms. The second-order valence-corrected chi connectivity index (χ2v) is 5.20. The molecule has 6 nitrogen and oxygen atoms in total. The Balaban J connectivity index is 2.94. The van der Waals surface area contributed by atoms with Crippen molar-refractivity contribution in [3.63, 3.8) is 0 Å². The number of esters is 1. The van der Waals surface area contributed by atoms with Crippen LogP contribution in [0, 0.1) is 0 Å². The van der Waals surface area contributed by atoms with E-state index in [-0.39, 0.29) is 12.2 Å². The van der Waals surface area contributed by atoms with Crippen LogP contribution >= 0.6 is 0 Å². The molecule has 0 unspecified atom stereocenters. The minimum Gasteiger partial charge on any atom is -0.465 e. The molecular formula is C14H19NO5. The molecule has 0 aliphatic heterocycles. The van der Waals surface area contributed by atoms with Gasteiger partial charge in [-0.1, -0.05) is 0 Å². The number of hydrogen-bond donors (Lipinski definition) is 2. The van der Waals surface area contributed by atoms with Gasteiger partial charge in [0.2, 0.25) is 0 Å². The number of aliphatic hydroxyl groups excluding tert-OH is 1. The third-order valence-electron chi connectivity index (χ3n) is 2.24. The Labute approximate surface area is 117 Å². The highest BCUT2D eigenvalue weighted by molar-refractivity contribution is 5.93.